The Morgan fingerprint density at radius 1 is 1.36 bits per heavy atom. The Labute approximate surface area is 84.9 Å². The first kappa shape index (κ1) is 10.8. The summed E-state index contributed by atoms with van der Waals surface area (Å²) in [6.07, 6.45) is 0.604. The lowest BCUT2D eigenvalue weighted by molar-refractivity contribution is -0.117. The number of Topliss-reactive ketones (excluding diaryl/α,β-unsaturated/α-hetero) is 1. The third-order valence-electron chi connectivity index (χ3n) is 2.28. The van der Waals surface area contributed by atoms with Gasteiger partial charge in [0.25, 0.3) is 0 Å². The molecule has 0 aliphatic rings. The van der Waals surface area contributed by atoms with Gasteiger partial charge >= 0.3 is 0 Å². The number of rotatable bonds is 4. The van der Waals surface area contributed by atoms with Crippen LogP contribution < -0.4 is 4.74 Å². The van der Waals surface area contributed by atoms with Gasteiger partial charge in [-0.05, 0) is 30.5 Å². The van der Waals surface area contributed by atoms with E-state index in [0.29, 0.717) is 12.3 Å². The monoisotopic (exact) mass is 192 g/mol. The Hall–Kier alpha value is -1.31. The minimum Gasteiger partial charge on any atom is -0.497 e. The summed E-state index contributed by atoms with van der Waals surface area (Å²) < 4.78 is 5.06. The topological polar surface area (TPSA) is 26.3 Å². The maximum Gasteiger partial charge on any atom is 0.130 e. The van der Waals surface area contributed by atoms with E-state index in [1.807, 2.05) is 24.3 Å². The molecule has 0 aliphatic carbocycles. The lowest BCUT2D eigenvalue weighted by Gasteiger charge is -2.10. The fourth-order valence-corrected chi connectivity index (χ4v) is 1.48. The van der Waals surface area contributed by atoms with Crippen LogP contribution >= 0.6 is 0 Å². The van der Waals surface area contributed by atoms with E-state index < -0.39 is 0 Å². The van der Waals surface area contributed by atoms with Crippen LogP contribution in [0.25, 0.3) is 0 Å². The van der Waals surface area contributed by atoms with Crippen molar-refractivity contribution in [3.05, 3.63) is 29.8 Å². The predicted octanol–water partition coefficient (Wildman–Crippen LogP) is 2.78. The molecule has 0 bridgehead atoms. The highest BCUT2D eigenvalue weighted by Crippen LogP contribution is 2.21. The van der Waals surface area contributed by atoms with E-state index in [1.54, 1.807) is 14.0 Å². The van der Waals surface area contributed by atoms with E-state index >= 15 is 0 Å². The van der Waals surface area contributed by atoms with Crippen molar-refractivity contribution in [2.75, 3.05) is 7.11 Å². The molecule has 0 amide bonds. The number of methoxy groups -OCH3 is 1. The molecule has 0 heterocycles. The van der Waals surface area contributed by atoms with Gasteiger partial charge in [0, 0.05) is 6.42 Å². The molecule has 0 radical (unpaired) electrons. The number of carbonyl (C=O) groups excluding carboxylic acids is 1. The van der Waals surface area contributed by atoms with Gasteiger partial charge in [-0.2, -0.15) is 0 Å². The quantitative estimate of drug-likeness (QED) is 0.733. The van der Waals surface area contributed by atoms with Crippen molar-refractivity contribution in [1.29, 1.82) is 0 Å². The van der Waals surface area contributed by atoms with E-state index in [-0.39, 0.29) is 5.78 Å². The fourth-order valence-electron chi connectivity index (χ4n) is 1.48. The summed E-state index contributed by atoms with van der Waals surface area (Å²) in [7, 11) is 1.65. The Bertz CT molecular complexity index is 301. The number of benzene rings is 1. The molecule has 2 heteroatoms. The molecular formula is C12H16O2. The van der Waals surface area contributed by atoms with Gasteiger partial charge in [-0.25, -0.2) is 0 Å². The first-order valence-corrected chi connectivity index (χ1v) is 4.77. The molecule has 0 N–H and O–H groups in total. The van der Waals surface area contributed by atoms with Crippen molar-refractivity contribution in [3.8, 4) is 5.75 Å². The third-order valence-corrected chi connectivity index (χ3v) is 2.28. The molecule has 1 rings (SSSR count). The number of hydrogen-bond acceptors (Lipinski definition) is 2. The van der Waals surface area contributed by atoms with Gasteiger partial charge in [-0.3, -0.25) is 0 Å². The molecule has 76 valence electrons. The standard InChI is InChI=1S/C12H16O2/c1-9(8-10(2)13)11-4-6-12(14-3)7-5-11/h4-7,9H,8H2,1-3H3/t9-/m1/s1. The number of hydrogen-bond donors (Lipinski definition) is 0. The minimum atomic E-state index is 0.230. The van der Waals surface area contributed by atoms with Crippen LogP contribution in [0.3, 0.4) is 0 Å². The van der Waals surface area contributed by atoms with Crippen LogP contribution in [0.1, 0.15) is 31.7 Å². The summed E-state index contributed by atoms with van der Waals surface area (Å²) in [6.45, 7) is 3.68. The second-order valence-electron chi connectivity index (χ2n) is 3.58. The summed E-state index contributed by atoms with van der Waals surface area (Å²) in [5.41, 5.74) is 1.18. The van der Waals surface area contributed by atoms with Crippen LogP contribution in [-0.2, 0) is 4.79 Å². The molecule has 0 saturated carbocycles. The molecule has 14 heavy (non-hydrogen) atoms. The van der Waals surface area contributed by atoms with E-state index in [9.17, 15) is 4.79 Å². The van der Waals surface area contributed by atoms with Gasteiger partial charge in [0.15, 0.2) is 0 Å². The largest absolute Gasteiger partial charge is 0.497 e. The summed E-state index contributed by atoms with van der Waals surface area (Å²) >= 11 is 0. The smallest absolute Gasteiger partial charge is 0.130 e. The second kappa shape index (κ2) is 4.80. The van der Waals surface area contributed by atoms with Gasteiger partial charge in [0.1, 0.15) is 11.5 Å². The van der Waals surface area contributed by atoms with Crippen LogP contribution in [-0.4, -0.2) is 12.9 Å². The van der Waals surface area contributed by atoms with Gasteiger partial charge in [0.05, 0.1) is 7.11 Å². The fraction of sp³-hybridized carbons (Fsp3) is 0.417. The molecule has 1 aromatic carbocycles. The molecule has 0 unspecified atom stereocenters. The highest BCUT2D eigenvalue weighted by Gasteiger charge is 2.07. The zero-order valence-electron chi connectivity index (χ0n) is 8.91. The first-order chi connectivity index (χ1) is 6.63. The van der Waals surface area contributed by atoms with Gasteiger partial charge in [-0.1, -0.05) is 19.1 Å². The van der Waals surface area contributed by atoms with Crippen LogP contribution in [0.15, 0.2) is 24.3 Å². The molecule has 0 aromatic heterocycles. The summed E-state index contributed by atoms with van der Waals surface area (Å²) in [4.78, 5) is 10.9. The minimum absolute atomic E-state index is 0.230. The van der Waals surface area contributed by atoms with E-state index in [4.69, 9.17) is 4.74 Å². The number of ketones is 1. The normalized spacial score (nSPS) is 12.2. The molecule has 0 spiro atoms. The van der Waals surface area contributed by atoms with Gasteiger partial charge < -0.3 is 9.53 Å². The van der Waals surface area contributed by atoms with Crippen molar-refractivity contribution in [2.45, 2.75) is 26.2 Å². The Morgan fingerprint density at radius 3 is 2.36 bits per heavy atom. The third kappa shape index (κ3) is 2.87. The first-order valence-electron chi connectivity index (χ1n) is 4.77. The van der Waals surface area contributed by atoms with Gasteiger partial charge in [-0.15, -0.1) is 0 Å². The van der Waals surface area contributed by atoms with E-state index in [0.717, 1.165) is 5.75 Å². The van der Waals surface area contributed by atoms with Crippen LogP contribution in [0.4, 0.5) is 0 Å². The van der Waals surface area contributed by atoms with Crippen LogP contribution in [0.5, 0.6) is 5.75 Å². The van der Waals surface area contributed by atoms with Crippen LogP contribution in [0.2, 0.25) is 0 Å². The summed E-state index contributed by atoms with van der Waals surface area (Å²) in [5.74, 6) is 1.37. The summed E-state index contributed by atoms with van der Waals surface area (Å²) in [5, 5.41) is 0. The molecule has 1 aromatic rings. The average Bonchev–Trinajstić information content (AvgIpc) is 2.17. The lowest BCUT2D eigenvalue weighted by Crippen LogP contribution is -2.00. The van der Waals surface area contributed by atoms with Crippen molar-refractivity contribution in [1.82, 2.24) is 0 Å². The lowest BCUT2D eigenvalue weighted by atomic mass is 9.96. The molecule has 0 aliphatic heterocycles. The van der Waals surface area contributed by atoms with Crippen molar-refractivity contribution < 1.29 is 9.53 Å². The Kier molecular flexibility index (Phi) is 3.69. The molecule has 0 saturated heterocycles. The number of carbonyl (C=O) groups is 1. The number of ether oxygens (including phenoxy) is 1. The maximum atomic E-state index is 10.9. The Morgan fingerprint density at radius 2 is 1.93 bits per heavy atom. The second-order valence-corrected chi connectivity index (χ2v) is 3.58. The van der Waals surface area contributed by atoms with Gasteiger partial charge in [0.2, 0.25) is 0 Å². The van der Waals surface area contributed by atoms with Crippen LogP contribution in [0, 0.1) is 0 Å². The molecule has 2 nitrogen and oxygen atoms in total. The highest BCUT2D eigenvalue weighted by molar-refractivity contribution is 5.76. The SMILES string of the molecule is COc1ccc([C@H](C)CC(C)=O)cc1. The molecule has 0 fully saturated rings. The van der Waals surface area contributed by atoms with Crippen molar-refractivity contribution >= 4 is 5.78 Å². The highest BCUT2D eigenvalue weighted by atomic mass is 16.5. The molecule has 1 atom stereocenters. The molecular weight excluding hydrogens is 176 g/mol. The maximum absolute atomic E-state index is 10.9. The average molecular weight is 192 g/mol. The zero-order valence-corrected chi connectivity index (χ0v) is 8.91. The van der Waals surface area contributed by atoms with Crippen molar-refractivity contribution in [3.63, 3.8) is 0 Å². The Balaban J connectivity index is 2.71. The summed E-state index contributed by atoms with van der Waals surface area (Å²) in [6, 6.07) is 7.86. The van der Waals surface area contributed by atoms with E-state index in [1.165, 1.54) is 5.56 Å². The zero-order chi connectivity index (χ0) is 10.6. The van der Waals surface area contributed by atoms with E-state index in [2.05, 4.69) is 6.92 Å². The predicted molar refractivity (Wildman–Crippen MR) is 56.7 cm³/mol. The van der Waals surface area contributed by atoms with Crippen molar-refractivity contribution in [2.24, 2.45) is 0 Å².